The summed E-state index contributed by atoms with van der Waals surface area (Å²) in [5.41, 5.74) is 6.53. The van der Waals surface area contributed by atoms with Gasteiger partial charge in [-0.3, -0.25) is 4.79 Å². The van der Waals surface area contributed by atoms with E-state index in [0.717, 1.165) is 22.1 Å². The van der Waals surface area contributed by atoms with E-state index in [-0.39, 0.29) is 17.6 Å². The molecule has 0 aliphatic heterocycles. The Balaban J connectivity index is 2.87. The van der Waals surface area contributed by atoms with Crippen molar-refractivity contribution in [1.82, 2.24) is 5.32 Å². The number of amides is 1. The zero-order valence-corrected chi connectivity index (χ0v) is 17.6. The number of rotatable bonds is 8. The number of methoxy groups -OCH3 is 1. The van der Waals surface area contributed by atoms with E-state index in [2.05, 4.69) is 62.5 Å². The fourth-order valence-corrected chi connectivity index (χ4v) is 3.71. The molecule has 1 aromatic carbocycles. The zero-order chi connectivity index (χ0) is 18.5. The molecule has 0 unspecified atom stereocenters. The van der Waals surface area contributed by atoms with E-state index in [1.807, 2.05) is 12.1 Å². The van der Waals surface area contributed by atoms with Crippen LogP contribution in [0.5, 0.6) is 11.5 Å². The number of benzene rings is 1. The first-order valence-corrected chi connectivity index (χ1v) is 9.04. The average molecular weight is 448 g/mol. The molecule has 0 spiro atoms. The maximum absolute atomic E-state index is 10.9. The van der Waals surface area contributed by atoms with Gasteiger partial charge in [0.25, 0.3) is 5.91 Å². The first-order chi connectivity index (χ1) is 10.9. The van der Waals surface area contributed by atoms with Gasteiger partial charge in [0.15, 0.2) is 18.1 Å². The lowest BCUT2D eigenvalue weighted by molar-refractivity contribution is -0.119. The maximum Gasteiger partial charge on any atom is 0.255 e. The third-order valence-electron chi connectivity index (χ3n) is 3.39. The highest BCUT2D eigenvalue weighted by atomic mass is 127. The number of primary amides is 1. The van der Waals surface area contributed by atoms with E-state index in [9.17, 15) is 4.79 Å². The number of nitrogens with one attached hydrogen (secondary N) is 1. The molecule has 6 heteroatoms. The van der Waals surface area contributed by atoms with E-state index in [1.165, 1.54) is 0 Å². The molecule has 0 saturated heterocycles. The molecule has 0 aromatic heterocycles. The highest BCUT2D eigenvalue weighted by molar-refractivity contribution is 14.1. The Hall–Kier alpha value is -1.02. The minimum Gasteiger partial charge on any atom is -0.493 e. The van der Waals surface area contributed by atoms with Gasteiger partial charge in [-0.05, 0) is 66.0 Å². The van der Waals surface area contributed by atoms with Gasteiger partial charge in [0.2, 0.25) is 0 Å². The molecule has 0 saturated carbocycles. The summed E-state index contributed by atoms with van der Waals surface area (Å²) in [6.07, 6.45) is 1.06. The van der Waals surface area contributed by atoms with Crippen molar-refractivity contribution in [3.8, 4) is 11.5 Å². The number of carbonyl (C=O) groups excluding carboxylic acids is 1. The van der Waals surface area contributed by atoms with E-state index < -0.39 is 5.91 Å². The molecule has 5 nitrogen and oxygen atoms in total. The Labute approximate surface area is 158 Å². The van der Waals surface area contributed by atoms with Gasteiger partial charge >= 0.3 is 0 Å². The molecule has 0 bridgehead atoms. The molecule has 0 radical (unpaired) electrons. The van der Waals surface area contributed by atoms with Crippen LogP contribution in [0.2, 0.25) is 0 Å². The maximum atomic E-state index is 10.9. The van der Waals surface area contributed by atoms with Crippen molar-refractivity contribution in [2.24, 2.45) is 11.1 Å². The molecule has 1 rings (SSSR count). The van der Waals surface area contributed by atoms with Crippen LogP contribution < -0.4 is 20.5 Å². The highest BCUT2D eigenvalue weighted by Crippen LogP contribution is 2.34. The van der Waals surface area contributed by atoms with Crippen molar-refractivity contribution in [2.75, 3.05) is 13.7 Å². The molecule has 0 fully saturated rings. The van der Waals surface area contributed by atoms with Crippen molar-refractivity contribution < 1.29 is 14.3 Å². The van der Waals surface area contributed by atoms with Crippen LogP contribution in [0.25, 0.3) is 0 Å². The highest BCUT2D eigenvalue weighted by Gasteiger charge is 2.25. The molecular formula is C18H29IN2O3. The summed E-state index contributed by atoms with van der Waals surface area (Å²) in [6.45, 7) is 11.7. The molecule has 0 atom stereocenters. The van der Waals surface area contributed by atoms with Gasteiger partial charge in [-0.25, -0.2) is 0 Å². The van der Waals surface area contributed by atoms with Gasteiger partial charge < -0.3 is 20.5 Å². The predicted molar refractivity (Wildman–Crippen MR) is 105 cm³/mol. The Morgan fingerprint density at radius 1 is 1.25 bits per heavy atom. The summed E-state index contributed by atoms with van der Waals surface area (Å²) >= 11 is 2.18. The predicted octanol–water partition coefficient (Wildman–Crippen LogP) is 3.47. The number of hydrogen-bond donors (Lipinski definition) is 2. The minimum atomic E-state index is -0.512. The largest absolute Gasteiger partial charge is 0.493 e. The second kappa shape index (κ2) is 8.38. The molecule has 0 aliphatic carbocycles. The number of halogens is 1. The standard InChI is InChI=1S/C18H29IN2O3/c1-17(2,3)11-18(4,5)21-9-12-7-13(19)16(14(8-12)23-6)24-10-15(20)22/h7-8,21H,9-11H2,1-6H3,(H2,20,22). The Bertz CT molecular complexity index is 580. The zero-order valence-electron chi connectivity index (χ0n) is 15.5. The summed E-state index contributed by atoms with van der Waals surface area (Å²) in [7, 11) is 1.59. The summed E-state index contributed by atoms with van der Waals surface area (Å²) in [4.78, 5) is 10.9. The second-order valence-corrected chi connectivity index (χ2v) is 9.00. The van der Waals surface area contributed by atoms with E-state index >= 15 is 0 Å². The fraction of sp³-hybridized carbons (Fsp3) is 0.611. The van der Waals surface area contributed by atoms with Gasteiger partial charge in [-0.1, -0.05) is 20.8 Å². The second-order valence-electron chi connectivity index (χ2n) is 7.84. The quantitative estimate of drug-likeness (QED) is 0.598. The molecule has 24 heavy (non-hydrogen) atoms. The molecule has 0 aliphatic rings. The minimum absolute atomic E-state index is 0.0259. The van der Waals surface area contributed by atoms with Crippen molar-refractivity contribution in [3.05, 3.63) is 21.3 Å². The van der Waals surface area contributed by atoms with Crippen molar-refractivity contribution >= 4 is 28.5 Å². The van der Waals surface area contributed by atoms with Crippen LogP contribution in [-0.4, -0.2) is 25.2 Å². The van der Waals surface area contributed by atoms with E-state index in [1.54, 1.807) is 7.11 Å². The van der Waals surface area contributed by atoms with E-state index in [4.69, 9.17) is 15.2 Å². The summed E-state index contributed by atoms with van der Waals surface area (Å²) in [6, 6.07) is 3.96. The summed E-state index contributed by atoms with van der Waals surface area (Å²) in [5, 5.41) is 3.61. The lowest BCUT2D eigenvalue weighted by atomic mass is 9.82. The molecule has 1 amide bonds. The normalized spacial score (nSPS) is 12.1. The van der Waals surface area contributed by atoms with Crippen molar-refractivity contribution in [3.63, 3.8) is 0 Å². The van der Waals surface area contributed by atoms with Crippen LogP contribution >= 0.6 is 22.6 Å². The topological polar surface area (TPSA) is 73.6 Å². The van der Waals surface area contributed by atoms with Gasteiger partial charge in [0.1, 0.15) is 0 Å². The summed E-state index contributed by atoms with van der Waals surface area (Å²) < 4.78 is 11.7. The number of ether oxygens (including phenoxy) is 2. The van der Waals surface area contributed by atoms with Crippen molar-refractivity contribution in [1.29, 1.82) is 0 Å². The lowest BCUT2D eigenvalue weighted by Gasteiger charge is -2.33. The van der Waals surface area contributed by atoms with Gasteiger partial charge in [0.05, 0.1) is 10.7 Å². The summed E-state index contributed by atoms with van der Waals surface area (Å²) in [5.74, 6) is 0.644. The smallest absolute Gasteiger partial charge is 0.255 e. The Morgan fingerprint density at radius 3 is 2.38 bits per heavy atom. The average Bonchev–Trinajstić information content (AvgIpc) is 2.40. The van der Waals surface area contributed by atoms with Crippen molar-refractivity contribution in [2.45, 2.75) is 53.1 Å². The third kappa shape index (κ3) is 7.25. The number of nitrogens with two attached hydrogens (primary N) is 1. The van der Waals surface area contributed by atoms with Gasteiger partial charge in [-0.15, -0.1) is 0 Å². The van der Waals surface area contributed by atoms with Crippen LogP contribution in [-0.2, 0) is 11.3 Å². The van der Waals surface area contributed by atoms with Crippen LogP contribution in [0.3, 0.4) is 0 Å². The molecule has 136 valence electrons. The molecule has 3 N–H and O–H groups in total. The Morgan fingerprint density at radius 2 is 1.88 bits per heavy atom. The molecular weight excluding hydrogens is 419 g/mol. The molecule has 1 aromatic rings. The fourth-order valence-electron chi connectivity index (χ4n) is 2.89. The number of carbonyl (C=O) groups is 1. The number of hydrogen-bond acceptors (Lipinski definition) is 4. The van der Waals surface area contributed by atoms with Crippen LogP contribution in [0.4, 0.5) is 0 Å². The Kier molecular flexibility index (Phi) is 7.34. The lowest BCUT2D eigenvalue weighted by Crippen LogP contribution is -2.41. The molecule has 0 heterocycles. The third-order valence-corrected chi connectivity index (χ3v) is 4.19. The van der Waals surface area contributed by atoms with Crippen LogP contribution in [0.1, 0.15) is 46.6 Å². The van der Waals surface area contributed by atoms with Gasteiger partial charge in [-0.2, -0.15) is 0 Å². The SMILES string of the molecule is COc1cc(CNC(C)(C)CC(C)(C)C)cc(I)c1OCC(N)=O. The first-order valence-electron chi connectivity index (χ1n) is 7.96. The van der Waals surface area contributed by atoms with Crippen LogP contribution in [0, 0.1) is 8.99 Å². The monoisotopic (exact) mass is 448 g/mol. The van der Waals surface area contributed by atoms with E-state index in [0.29, 0.717) is 11.5 Å². The van der Waals surface area contributed by atoms with Crippen LogP contribution in [0.15, 0.2) is 12.1 Å². The first kappa shape index (κ1) is 21.0. The van der Waals surface area contributed by atoms with Gasteiger partial charge in [0, 0.05) is 12.1 Å².